The third-order valence-electron chi connectivity index (χ3n) is 3.99. The molecule has 0 saturated carbocycles. The molecular weight excluding hydrogens is 336 g/mol. The molecule has 0 aliphatic rings. The normalized spacial score (nSPS) is 13.3. The summed E-state index contributed by atoms with van der Waals surface area (Å²) < 4.78 is 10.8. The number of carbonyl (C=O) groups excluding carboxylic acids is 2. The molecule has 25 heavy (non-hydrogen) atoms. The van der Waals surface area contributed by atoms with Gasteiger partial charge in [-0.2, -0.15) is 11.8 Å². The van der Waals surface area contributed by atoms with Crippen molar-refractivity contribution < 1.29 is 19.1 Å². The van der Waals surface area contributed by atoms with E-state index in [2.05, 4.69) is 13.8 Å². The van der Waals surface area contributed by atoms with Crippen LogP contribution in [0.1, 0.15) is 91.9 Å². The molecule has 0 aromatic carbocycles. The summed E-state index contributed by atoms with van der Waals surface area (Å²) in [5.41, 5.74) is 0. The fourth-order valence-electron chi connectivity index (χ4n) is 2.46. The summed E-state index contributed by atoms with van der Waals surface area (Å²) in [6.45, 7) is 8.24. The van der Waals surface area contributed by atoms with Gasteiger partial charge >= 0.3 is 11.9 Å². The summed E-state index contributed by atoms with van der Waals surface area (Å²) in [6.07, 6.45) is 9.66. The molecule has 0 saturated heterocycles. The molecule has 2 atom stereocenters. The maximum absolute atomic E-state index is 11.7. The van der Waals surface area contributed by atoms with Crippen LogP contribution in [0.25, 0.3) is 0 Å². The minimum Gasteiger partial charge on any atom is -0.463 e. The Morgan fingerprint density at radius 3 is 1.52 bits per heavy atom. The van der Waals surface area contributed by atoms with Crippen molar-refractivity contribution in [1.82, 2.24) is 0 Å². The second-order valence-corrected chi connectivity index (χ2v) is 7.93. The van der Waals surface area contributed by atoms with Gasteiger partial charge < -0.3 is 9.47 Å². The zero-order valence-electron chi connectivity index (χ0n) is 16.7. The minimum atomic E-state index is -0.136. The van der Waals surface area contributed by atoms with Gasteiger partial charge in [-0.1, -0.05) is 39.5 Å². The molecule has 4 nitrogen and oxygen atoms in total. The monoisotopic (exact) mass is 374 g/mol. The van der Waals surface area contributed by atoms with E-state index in [0.29, 0.717) is 24.3 Å². The Labute approximate surface area is 158 Å². The lowest BCUT2D eigenvalue weighted by Crippen LogP contribution is -2.16. The highest BCUT2D eigenvalue weighted by Gasteiger charge is 2.11. The van der Waals surface area contributed by atoms with Crippen molar-refractivity contribution in [2.24, 2.45) is 0 Å². The largest absolute Gasteiger partial charge is 0.463 e. The van der Waals surface area contributed by atoms with Crippen LogP contribution in [0.4, 0.5) is 0 Å². The minimum absolute atomic E-state index is 0.00761. The average Bonchev–Trinajstić information content (AvgIpc) is 2.54. The number of unbranched alkanes of at least 4 members (excludes halogenated alkanes) is 4. The van der Waals surface area contributed by atoms with Gasteiger partial charge in [-0.25, -0.2) is 0 Å². The van der Waals surface area contributed by atoms with Crippen LogP contribution >= 0.6 is 11.8 Å². The number of hydrogen-bond acceptors (Lipinski definition) is 5. The molecule has 0 heterocycles. The van der Waals surface area contributed by atoms with Crippen molar-refractivity contribution in [3.8, 4) is 0 Å². The van der Waals surface area contributed by atoms with E-state index in [9.17, 15) is 9.59 Å². The maximum Gasteiger partial charge on any atom is 0.306 e. The first-order valence-electron chi connectivity index (χ1n) is 9.96. The fraction of sp³-hybridized carbons (Fsp3) is 0.900. The van der Waals surface area contributed by atoms with Crippen molar-refractivity contribution in [3.63, 3.8) is 0 Å². The second-order valence-electron chi connectivity index (χ2n) is 6.70. The van der Waals surface area contributed by atoms with Crippen molar-refractivity contribution in [2.45, 2.75) is 104 Å². The molecule has 0 fully saturated rings. The van der Waals surface area contributed by atoms with Crippen LogP contribution < -0.4 is 0 Å². The Kier molecular flexibility index (Phi) is 16.3. The maximum atomic E-state index is 11.7. The van der Waals surface area contributed by atoms with E-state index in [-0.39, 0.29) is 24.1 Å². The third-order valence-corrected chi connectivity index (χ3v) is 4.98. The summed E-state index contributed by atoms with van der Waals surface area (Å²) in [4.78, 5) is 23.5. The molecule has 148 valence electrons. The first-order chi connectivity index (χ1) is 12.0. The first-order valence-corrected chi connectivity index (χ1v) is 11.1. The summed E-state index contributed by atoms with van der Waals surface area (Å²) in [6, 6.07) is 0. The van der Waals surface area contributed by atoms with Crippen LogP contribution in [0, 0.1) is 0 Å². The SMILES string of the molecule is CCCCCC(C)OC(=O)CCSCCC(=O)OC(C)CCCCC. The van der Waals surface area contributed by atoms with Crippen LogP contribution in [0.3, 0.4) is 0 Å². The molecule has 0 N–H and O–H groups in total. The smallest absolute Gasteiger partial charge is 0.306 e. The summed E-state index contributed by atoms with van der Waals surface area (Å²) >= 11 is 1.61. The number of hydrogen-bond donors (Lipinski definition) is 0. The predicted octanol–water partition coefficient (Wildman–Crippen LogP) is 5.52. The lowest BCUT2D eigenvalue weighted by atomic mass is 10.1. The molecule has 0 aliphatic carbocycles. The van der Waals surface area contributed by atoms with Crippen LogP contribution in [0.15, 0.2) is 0 Å². The Bertz CT molecular complexity index is 315. The Hall–Kier alpha value is -0.710. The van der Waals surface area contributed by atoms with Crippen molar-refractivity contribution in [1.29, 1.82) is 0 Å². The molecule has 0 bridgehead atoms. The molecule has 0 aliphatic heterocycles. The molecule has 5 heteroatoms. The van der Waals surface area contributed by atoms with Crippen LogP contribution in [0.5, 0.6) is 0 Å². The van der Waals surface area contributed by atoms with E-state index in [1.165, 1.54) is 25.7 Å². The highest BCUT2D eigenvalue weighted by molar-refractivity contribution is 7.99. The molecule has 0 spiro atoms. The first kappa shape index (κ1) is 24.3. The van der Waals surface area contributed by atoms with Gasteiger partial charge in [0.2, 0.25) is 0 Å². The zero-order valence-corrected chi connectivity index (χ0v) is 17.5. The van der Waals surface area contributed by atoms with Crippen LogP contribution in [-0.4, -0.2) is 35.7 Å². The van der Waals surface area contributed by atoms with Gasteiger partial charge in [-0.05, 0) is 39.5 Å². The van der Waals surface area contributed by atoms with Crippen molar-refractivity contribution in [3.05, 3.63) is 0 Å². The summed E-state index contributed by atoms with van der Waals surface area (Å²) in [7, 11) is 0. The van der Waals surface area contributed by atoms with Crippen LogP contribution in [-0.2, 0) is 19.1 Å². The lowest BCUT2D eigenvalue weighted by Gasteiger charge is -2.13. The molecule has 0 aromatic rings. The van der Waals surface area contributed by atoms with E-state index < -0.39 is 0 Å². The quantitative estimate of drug-likeness (QED) is 0.263. The molecule has 0 amide bonds. The lowest BCUT2D eigenvalue weighted by molar-refractivity contribution is -0.148. The Morgan fingerprint density at radius 2 is 1.16 bits per heavy atom. The summed E-state index contributed by atoms with van der Waals surface area (Å²) in [5, 5.41) is 0. The van der Waals surface area contributed by atoms with Gasteiger partial charge in [0.05, 0.1) is 25.0 Å². The number of rotatable bonds is 16. The van der Waals surface area contributed by atoms with Gasteiger partial charge in [0, 0.05) is 11.5 Å². The van der Waals surface area contributed by atoms with E-state index in [0.717, 1.165) is 25.7 Å². The van der Waals surface area contributed by atoms with Crippen molar-refractivity contribution >= 4 is 23.7 Å². The molecule has 0 rings (SSSR count). The van der Waals surface area contributed by atoms with E-state index in [4.69, 9.17) is 9.47 Å². The number of carbonyl (C=O) groups is 2. The number of ether oxygens (including phenoxy) is 2. The number of esters is 2. The highest BCUT2D eigenvalue weighted by Crippen LogP contribution is 2.11. The second kappa shape index (κ2) is 16.7. The predicted molar refractivity (Wildman–Crippen MR) is 106 cm³/mol. The molecule has 0 aromatic heterocycles. The van der Waals surface area contributed by atoms with E-state index >= 15 is 0 Å². The fourth-order valence-corrected chi connectivity index (χ4v) is 3.29. The van der Waals surface area contributed by atoms with Crippen molar-refractivity contribution in [2.75, 3.05) is 11.5 Å². The van der Waals surface area contributed by atoms with Crippen LogP contribution in [0.2, 0.25) is 0 Å². The standard InChI is InChI=1S/C20H38O4S/c1-5-7-9-11-17(3)23-19(21)13-15-25-16-14-20(22)24-18(4)12-10-8-6-2/h17-18H,5-16H2,1-4H3. The molecular formula is C20H38O4S. The third kappa shape index (κ3) is 16.5. The molecule has 0 radical (unpaired) electrons. The Balaban J connectivity index is 3.57. The number of thioether (sulfide) groups is 1. The van der Waals surface area contributed by atoms with Gasteiger partial charge in [-0.15, -0.1) is 0 Å². The molecule has 2 unspecified atom stereocenters. The van der Waals surface area contributed by atoms with Gasteiger partial charge in [-0.3, -0.25) is 9.59 Å². The average molecular weight is 375 g/mol. The van der Waals surface area contributed by atoms with E-state index in [1.54, 1.807) is 11.8 Å². The van der Waals surface area contributed by atoms with E-state index in [1.807, 2.05) is 13.8 Å². The summed E-state index contributed by atoms with van der Waals surface area (Å²) in [5.74, 6) is 1.12. The van der Waals surface area contributed by atoms with Gasteiger partial charge in [0.1, 0.15) is 0 Å². The van der Waals surface area contributed by atoms with Gasteiger partial charge in [0.25, 0.3) is 0 Å². The highest BCUT2D eigenvalue weighted by atomic mass is 32.2. The topological polar surface area (TPSA) is 52.6 Å². The zero-order chi connectivity index (χ0) is 18.9. The van der Waals surface area contributed by atoms with Gasteiger partial charge in [0.15, 0.2) is 0 Å². The Morgan fingerprint density at radius 1 is 0.760 bits per heavy atom.